The van der Waals surface area contributed by atoms with Crippen LogP contribution in [0.5, 0.6) is 0 Å². The minimum absolute atomic E-state index is 0.474. The lowest BCUT2D eigenvalue weighted by Gasteiger charge is -2.29. The SMILES string of the molecule is NC(CSC1CCCCC1)CC1CCC1. The second-order valence-electron chi connectivity index (χ2n) is 5.39. The molecule has 2 saturated carbocycles. The molecular formula is C13H25NS. The molecule has 88 valence electrons. The number of thioether (sulfide) groups is 1. The average molecular weight is 227 g/mol. The molecular weight excluding hydrogens is 202 g/mol. The Kier molecular flexibility index (Phi) is 4.83. The molecule has 2 N–H and O–H groups in total. The summed E-state index contributed by atoms with van der Waals surface area (Å²) in [6, 6.07) is 0.474. The first kappa shape index (κ1) is 11.8. The first-order valence-electron chi connectivity index (χ1n) is 6.72. The standard InChI is InChI=1S/C13H25NS/c14-12(9-11-5-4-6-11)10-15-13-7-2-1-3-8-13/h11-13H,1-10,14H2. The number of hydrogen-bond acceptors (Lipinski definition) is 2. The summed E-state index contributed by atoms with van der Waals surface area (Å²) in [6.45, 7) is 0. The zero-order valence-electron chi connectivity index (χ0n) is 9.79. The monoisotopic (exact) mass is 227 g/mol. The molecule has 0 aromatic heterocycles. The Morgan fingerprint density at radius 2 is 1.73 bits per heavy atom. The zero-order chi connectivity index (χ0) is 10.5. The van der Waals surface area contributed by atoms with Crippen molar-refractivity contribution >= 4 is 11.8 Å². The van der Waals surface area contributed by atoms with E-state index >= 15 is 0 Å². The molecule has 0 aliphatic heterocycles. The first-order valence-corrected chi connectivity index (χ1v) is 7.76. The molecule has 2 fully saturated rings. The van der Waals surface area contributed by atoms with Crippen LogP contribution in [0.2, 0.25) is 0 Å². The summed E-state index contributed by atoms with van der Waals surface area (Å²) in [5.74, 6) is 2.19. The molecule has 0 aromatic rings. The van der Waals surface area contributed by atoms with E-state index in [9.17, 15) is 0 Å². The largest absolute Gasteiger partial charge is 0.327 e. The fourth-order valence-electron chi connectivity index (χ4n) is 2.72. The average Bonchev–Trinajstić information content (AvgIpc) is 2.22. The maximum atomic E-state index is 6.18. The van der Waals surface area contributed by atoms with Crippen molar-refractivity contribution in [1.82, 2.24) is 0 Å². The summed E-state index contributed by atoms with van der Waals surface area (Å²) < 4.78 is 0. The van der Waals surface area contributed by atoms with Gasteiger partial charge in [-0.15, -0.1) is 0 Å². The van der Waals surface area contributed by atoms with E-state index in [4.69, 9.17) is 5.73 Å². The van der Waals surface area contributed by atoms with Gasteiger partial charge in [0.1, 0.15) is 0 Å². The Labute approximate surface area is 98.6 Å². The van der Waals surface area contributed by atoms with Crippen LogP contribution in [0, 0.1) is 5.92 Å². The molecule has 0 aromatic carbocycles. The van der Waals surface area contributed by atoms with E-state index in [0.29, 0.717) is 6.04 Å². The van der Waals surface area contributed by atoms with Gasteiger partial charge in [-0.3, -0.25) is 0 Å². The molecule has 0 radical (unpaired) electrons. The van der Waals surface area contributed by atoms with Crippen LogP contribution in [0.25, 0.3) is 0 Å². The van der Waals surface area contributed by atoms with Crippen LogP contribution in [-0.4, -0.2) is 17.0 Å². The Balaban J connectivity index is 1.55. The second-order valence-corrected chi connectivity index (χ2v) is 6.72. The minimum atomic E-state index is 0.474. The molecule has 1 nitrogen and oxygen atoms in total. The van der Waals surface area contributed by atoms with Crippen LogP contribution in [0.1, 0.15) is 57.8 Å². The smallest absolute Gasteiger partial charge is 0.0133 e. The third kappa shape index (κ3) is 3.99. The summed E-state index contributed by atoms with van der Waals surface area (Å²) in [5.41, 5.74) is 6.18. The summed E-state index contributed by atoms with van der Waals surface area (Å²) >= 11 is 2.16. The Morgan fingerprint density at radius 1 is 1.00 bits per heavy atom. The predicted octanol–water partition coefficient (Wildman–Crippen LogP) is 3.57. The van der Waals surface area contributed by atoms with E-state index in [1.165, 1.54) is 63.5 Å². The normalized spacial score (nSPS) is 26.2. The number of rotatable bonds is 5. The van der Waals surface area contributed by atoms with Crippen LogP contribution in [0.15, 0.2) is 0 Å². The first-order chi connectivity index (χ1) is 7.34. The Hall–Kier alpha value is 0.310. The summed E-state index contributed by atoms with van der Waals surface area (Å²) in [4.78, 5) is 0. The number of hydrogen-bond donors (Lipinski definition) is 1. The lowest BCUT2D eigenvalue weighted by atomic mass is 9.81. The summed E-state index contributed by atoms with van der Waals surface area (Å²) in [5, 5.41) is 0.936. The van der Waals surface area contributed by atoms with E-state index in [0.717, 1.165) is 11.2 Å². The molecule has 1 unspecified atom stereocenters. The lowest BCUT2D eigenvalue weighted by molar-refractivity contribution is 0.282. The maximum Gasteiger partial charge on any atom is 0.0133 e. The highest BCUT2D eigenvalue weighted by atomic mass is 32.2. The van der Waals surface area contributed by atoms with Crippen LogP contribution < -0.4 is 5.73 Å². The van der Waals surface area contributed by atoms with Crippen molar-refractivity contribution in [3.63, 3.8) is 0 Å². The van der Waals surface area contributed by atoms with Crippen molar-refractivity contribution in [2.24, 2.45) is 11.7 Å². The molecule has 0 bridgehead atoms. The van der Waals surface area contributed by atoms with Crippen LogP contribution in [0.4, 0.5) is 0 Å². The molecule has 1 atom stereocenters. The fourth-order valence-corrected chi connectivity index (χ4v) is 4.04. The van der Waals surface area contributed by atoms with Gasteiger partial charge >= 0.3 is 0 Å². The summed E-state index contributed by atoms with van der Waals surface area (Å²) in [7, 11) is 0. The van der Waals surface area contributed by atoms with Gasteiger partial charge in [0.2, 0.25) is 0 Å². The third-order valence-corrected chi connectivity index (χ3v) is 5.52. The Bertz CT molecular complexity index is 173. The van der Waals surface area contributed by atoms with Crippen molar-refractivity contribution in [1.29, 1.82) is 0 Å². The third-order valence-electron chi connectivity index (χ3n) is 3.96. The zero-order valence-corrected chi connectivity index (χ0v) is 10.6. The van der Waals surface area contributed by atoms with E-state index < -0.39 is 0 Å². The van der Waals surface area contributed by atoms with E-state index in [2.05, 4.69) is 11.8 Å². The van der Waals surface area contributed by atoms with E-state index in [-0.39, 0.29) is 0 Å². The van der Waals surface area contributed by atoms with Gasteiger partial charge in [0, 0.05) is 17.0 Å². The highest BCUT2D eigenvalue weighted by Gasteiger charge is 2.21. The molecule has 0 spiro atoms. The van der Waals surface area contributed by atoms with Crippen molar-refractivity contribution in [2.75, 3.05) is 5.75 Å². The lowest BCUT2D eigenvalue weighted by Crippen LogP contribution is -2.29. The van der Waals surface area contributed by atoms with Crippen molar-refractivity contribution in [2.45, 2.75) is 69.1 Å². The van der Waals surface area contributed by atoms with Gasteiger partial charge in [-0.05, 0) is 25.2 Å². The van der Waals surface area contributed by atoms with Gasteiger partial charge in [0.15, 0.2) is 0 Å². The molecule has 0 saturated heterocycles. The molecule has 15 heavy (non-hydrogen) atoms. The van der Waals surface area contributed by atoms with E-state index in [1.807, 2.05) is 0 Å². The highest BCUT2D eigenvalue weighted by Crippen LogP contribution is 2.32. The van der Waals surface area contributed by atoms with Gasteiger partial charge in [0.05, 0.1) is 0 Å². The van der Waals surface area contributed by atoms with Crippen molar-refractivity contribution in [3.05, 3.63) is 0 Å². The Morgan fingerprint density at radius 3 is 2.33 bits per heavy atom. The van der Waals surface area contributed by atoms with Gasteiger partial charge in [0.25, 0.3) is 0 Å². The highest BCUT2D eigenvalue weighted by molar-refractivity contribution is 7.99. The quantitative estimate of drug-likeness (QED) is 0.777. The minimum Gasteiger partial charge on any atom is -0.327 e. The molecule has 0 amide bonds. The van der Waals surface area contributed by atoms with Crippen LogP contribution >= 0.6 is 11.8 Å². The van der Waals surface area contributed by atoms with Crippen LogP contribution in [0.3, 0.4) is 0 Å². The van der Waals surface area contributed by atoms with Crippen molar-refractivity contribution in [3.8, 4) is 0 Å². The van der Waals surface area contributed by atoms with Crippen molar-refractivity contribution < 1.29 is 0 Å². The molecule has 2 rings (SSSR count). The topological polar surface area (TPSA) is 26.0 Å². The number of nitrogens with two attached hydrogens (primary N) is 1. The van der Waals surface area contributed by atoms with Crippen LogP contribution in [-0.2, 0) is 0 Å². The molecule has 2 aliphatic rings. The molecule has 2 aliphatic carbocycles. The second kappa shape index (κ2) is 6.15. The van der Waals surface area contributed by atoms with Gasteiger partial charge in [-0.2, -0.15) is 11.8 Å². The predicted molar refractivity (Wildman–Crippen MR) is 69.3 cm³/mol. The summed E-state index contributed by atoms with van der Waals surface area (Å²) in [6.07, 6.45) is 12.9. The molecule has 2 heteroatoms. The maximum absolute atomic E-state index is 6.18. The van der Waals surface area contributed by atoms with Gasteiger partial charge in [-0.1, -0.05) is 38.5 Å². The fraction of sp³-hybridized carbons (Fsp3) is 1.00. The molecule has 0 heterocycles. The van der Waals surface area contributed by atoms with E-state index in [1.54, 1.807) is 0 Å². The van der Waals surface area contributed by atoms with Gasteiger partial charge in [-0.25, -0.2) is 0 Å². The van der Waals surface area contributed by atoms with Gasteiger partial charge < -0.3 is 5.73 Å².